The molecule has 0 atom stereocenters. The molecule has 0 saturated heterocycles. The molecule has 174 valence electrons. The Labute approximate surface area is 185 Å². The molecule has 32 heavy (non-hydrogen) atoms. The van der Waals surface area contributed by atoms with E-state index >= 15 is 0 Å². The van der Waals surface area contributed by atoms with Gasteiger partial charge in [0.05, 0.1) is 68.8 Å². The largest absolute Gasteiger partial charge is 0.377 e. The molecule has 0 spiro atoms. The number of non-ortho nitro benzene ring substituents is 1. The summed E-state index contributed by atoms with van der Waals surface area (Å²) in [6.45, 7) is 3.83. The molecule has 0 heterocycles. The monoisotopic (exact) mass is 449 g/mol. The molecule has 0 aliphatic heterocycles. The molecule has 0 saturated carbocycles. The van der Waals surface area contributed by atoms with Crippen LogP contribution in [-0.2, 0) is 25.6 Å². The maximum Gasteiger partial charge on any atom is 0.299 e. The van der Waals surface area contributed by atoms with Gasteiger partial charge in [-0.05, 0) is 11.6 Å². The van der Waals surface area contributed by atoms with E-state index in [1.807, 2.05) is 30.3 Å². The molecule has 0 aliphatic carbocycles. The van der Waals surface area contributed by atoms with E-state index in [9.17, 15) is 20.2 Å². The SMILES string of the molecule is O=[N+]([O-])c1ccc(NCCOCCOCCOCCOCc2ccccc2)c([N+](=O)[O-])c1. The standard InChI is InChI=1S/C21H27N3O8/c25-23(26)19-6-7-20(21(16-19)24(27)28)22-8-9-29-10-11-30-12-13-31-14-15-32-17-18-4-2-1-3-5-18/h1-7,16,22H,8-15,17H2. The maximum atomic E-state index is 11.1. The molecule has 11 nitrogen and oxygen atoms in total. The summed E-state index contributed by atoms with van der Waals surface area (Å²) in [6, 6.07) is 13.4. The van der Waals surface area contributed by atoms with Gasteiger partial charge in [-0.3, -0.25) is 20.2 Å². The number of benzene rings is 2. The average molecular weight is 449 g/mol. The van der Waals surface area contributed by atoms with Gasteiger partial charge in [-0.15, -0.1) is 0 Å². The van der Waals surface area contributed by atoms with Crippen LogP contribution in [0.2, 0.25) is 0 Å². The Kier molecular flexibility index (Phi) is 11.6. The number of rotatable bonds is 17. The number of nitrogens with zero attached hydrogens (tertiary/aromatic N) is 2. The highest BCUT2D eigenvalue weighted by molar-refractivity contribution is 5.65. The second-order valence-corrected chi connectivity index (χ2v) is 6.52. The minimum absolute atomic E-state index is 0.199. The number of hydrogen-bond acceptors (Lipinski definition) is 9. The number of nitro benzene ring substituents is 2. The summed E-state index contributed by atoms with van der Waals surface area (Å²) in [5.41, 5.74) is 0.634. The van der Waals surface area contributed by atoms with Crippen molar-refractivity contribution in [3.8, 4) is 0 Å². The van der Waals surface area contributed by atoms with Crippen molar-refractivity contribution in [3.63, 3.8) is 0 Å². The lowest BCUT2D eigenvalue weighted by molar-refractivity contribution is -0.393. The lowest BCUT2D eigenvalue weighted by Crippen LogP contribution is -2.15. The first kappa shape index (κ1) is 25.1. The maximum absolute atomic E-state index is 11.1. The Hall–Kier alpha value is -3.12. The Bertz CT molecular complexity index is 835. The Balaban J connectivity index is 1.43. The molecule has 1 N–H and O–H groups in total. The normalized spacial score (nSPS) is 10.8. The second kappa shape index (κ2) is 14.8. The zero-order valence-corrected chi connectivity index (χ0v) is 17.6. The average Bonchev–Trinajstić information content (AvgIpc) is 2.79. The highest BCUT2D eigenvalue weighted by Crippen LogP contribution is 2.28. The lowest BCUT2D eigenvalue weighted by atomic mass is 10.2. The molecule has 11 heteroatoms. The Morgan fingerprint density at radius 3 is 1.91 bits per heavy atom. The van der Waals surface area contributed by atoms with Crippen LogP contribution in [0.15, 0.2) is 48.5 Å². The van der Waals surface area contributed by atoms with Gasteiger partial charge in [-0.25, -0.2) is 0 Å². The van der Waals surface area contributed by atoms with Crippen LogP contribution >= 0.6 is 0 Å². The fourth-order valence-corrected chi connectivity index (χ4v) is 2.62. The molecule has 0 radical (unpaired) electrons. The van der Waals surface area contributed by atoms with Gasteiger partial charge in [-0.1, -0.05) is 30.3 Å². The summed E-state index contributed by atoms with van der Waals surface area (Å²) >= 11 is 0. The third kappa shape index (κ3) is 9.79. The molecule has 2 aromatic carbocycles. The minimum Gasteiger partial charge on any atom is -0.377 e. The minimum atomic E-state index is -0.676. The third-order valence-corrected chi connectivity index (χ3v) is 4.18. The quantitative estimate of drug-likeness (QED) is 0.219. The van der Waals surface area contributed by atoms with Gasteiger partial charge in [0.25, 0.3) is 11.4 Å². The van der Waals surface area contributed by atoms with Crippen LogP contribution in [0.25, 0.3) is 0 Å². The molecular formula is C21H27N3O8. The molecule has 0 unspecified atom stereocenters. The molecule has 0 aromatic heterocycles. The zero-order chi connectivity index (χ0) is 23.0. The zero-order valence-electron chi connectivity index (χ0n) is 17.6. The van der Waals surface area contributed by atoms with E-state index in [4.69, 9.17) is 18.9 Å². The van der Waals surface area contributed by atoms with E-state index in [0.29, 0.717) is 59.4 Å². The molecule has 2 rings (SSSR count). The van der Waals surface area contributed by atoms with Crippen molar-refractivity contribution in [1.82, 2.24) is 0 Å². The molecule has 0 bridgehead atoms. The predicted molar refractivity (Wildman–Crippen MR) is 117 cm³/mol. The predicted octanol–water partition coefficient (Wildman–Crippen LogP) is 3.18. The van der Waals surface area contributed by atoms with Crippen molar-refractivity contribution in [2.75, 3.05) is 58.1 Å². The second-order valence-electron chi connectivity index (χ2n) is 6.52. The van der Waals surface area contributed by atoms with E-state index in [-0.39, 0.29) is 17.1 Å². The first-order valence-electron chi connectivity index (χ1n) is 10.1. The number of nitrogens with one attached hydrogen (secondary N) is 1. The molecule has 0 aliphatic rings. The van der Waals surface area contributed by atoms with Crippen molar-refractivity contribution in [1.29, 1.82) is 0 Å². The van der Waals surface area contributed by atoms with Crippen LogP contribution in [0.5, 0.6) is 0 Å². The fraction of sp³-hybridized carbons (Fsp3) is 0.429. The first-order valence-corrected chi connectivity index (χ1v) is 10.1. The van der Waals surface area contributed by atoms with Gasteiger partial charge in [0, 0.05) is 12.6 Å². The van der Waals surface area contributed by atoms with Crippen molar-refractivity contribution >= 4 is 17.1 Å². The molecule has 0 amide bonds. The van der Waals surface area contributed by atoms with Crippen LogP contribution in [0.1, 0.15) is 5.56 Å². The smallest absolute Gasteiger partial charge is 0.299 e. The summed E-state index contributed by atoms with van der Waals surface area (Å²) in [6.07, 6.45) is 0. The van der Waals surface area contributed by atoms with Crippen LogP contribution in [0.3, 0.4) is 0 Å². The molecule has 0 fully saturated rings. The van der Waals surface area contributed by atoms with E-state index < -0.39 is 9.85 Å². The van der Waals surface area contributed by atoms with Gasteiger partial charge in [0.1, 0.15) is 5.69 Å². The van der Waals surface area contributed by atoms with Gasteiger partial charge >= 0.3 is 0 Å². The summed E-state index contributed by atoms with van der Waals surface area (Å²) in [4.78, 5) is 20.5. The van der Waals surface area contributed by atoms with Crippen molar-refractivity contribution in [3.05, 3.63) is 74.3 Å². The number of ether oxygens (including phenoxy) is 4. The molecular weight excluding hydrogens is 422 g/mol. The van der Waals surface area contributed by atoms with Crippen LogP contribution in [0, 0.1) is 20.2 Å². The van der Waals surface area contributed by atoms with Gasteiger partial charge in [-0.2, -0.15) is 0 Å². The van der Waals surface area contributed by atoms with Gasteiger partial charge in [0.2, 0.25) is 0 Å². The van der Waals surface area contributed by atoms with Crippen LogP contribution in [0.4, 0.5) is 17.1 Å². The Morgan fingerprint density at radius 1 is 0.719 bits per heavy atom. The fourth-order valence-electron chi connectivity index (χ4n) is 2.62. The summed E-state index contributed by atoms with van der Waals surface area (Å²) < 4.78 is 21.7. The van der Waals surface area contributed by atoms with E-state index in [2.05, 4.69) is 5.32 Å². The summed E-state index contributed by atoms with van der Waals surface area (Å²) in [5.74, 6) is 0. The van der Waals surface area contributed by atoms with Crippen LogP contribution < -0.4 is 5.32 Å². The number of nitro groups is 2. The number of anilines is 1. The summed E-state index contributed by atoms with van der Waals surface area (Å²) in [7, 11) is 0. The van der Waals surface area contributed by atoms with Gasteiger partial charge in [0.15, 0.2) is 0 Å². The lowest BCUT2D eigenvalue weighted by Gasteiger charge is -2.09. The van der Waals surface area contributed by atoms with E-state index in [1.165, 1.54) is 12.1 Å². The van der Waals surface area contributed by atoms with E-state index in [0.717, 1.165) is 11.6 Å². The van der Waals surface area contributed by atoms with Crippen molar-refractivity contribution in [2.24, 2.45) is 0 Å². The topological polar surface area (TPSA) is 135 Å². The highest BCUT2D eigenvalue weighted by Gasteiger charge is 2.18. The number of hydrogen-bond donors (Lipinski definition) is 1. The molecule has 2 aromatic rings. The van der Waals surface area contributed by atoms with E-state index in [1.54, 1.807) is 0 Å². The Morgan fingerprint density at radius 2 is 1.31 bits per heavy atom. The third-order valence-electron chi connectivity index (χ3n) is 4.18. The first-order chi connectivity index (χ1) is 15.6. The highest BCUT2D eigenvalue weighted by atomic mass is 16.6. The van der Waals surface area contributed by atoms with Crippen molar-refractivity contribution in [2.45, 2.75) is 6.61 Å². The summed E-state index contributed by atoms with van der Waals surface area (Å²) in [5, 5.41) is 24.7. The van der Waals surface area contributed by atoms with Gasteiger partial charge < -0.3 is 24.3 Å². The van der Waals surface area contributed by atoms with Crippen molar-refractivity contribution < 1.29 is 28.8 Å². The van der Waals surface area contributed by atoms with Crippen LogP contribution in [-0.4, -0.2) is 62.6 Å².